The monoisotopic (exact) mass is 1320 g/mol. The summed E-state index contributed by atoms with van der Waals surface area (Å²) in [5, 5.41) is 23.6. The van der Waals surface area contributed by atoms with Crippen LogP contribution in [-0.4, -0.2) is 166 Å². The predicted octanol–water partition coefficient (Wildman–Crippen LogP) is 9.02. The minimum absolute atomic E-state index is 0.0105. The Labute approximate surface area is 553 Å². The van der Waals surface area contributed by atoms with Gasteiger partial charge in [-0.05, 0) is 67.5 Å². The standard InChI is InChI=1S/C70H84N10O14S/c1-71-70(86)94-54(22-5-4-14-36-79-69-59-27-11-13-29-61(59)78(64(84)33-31-53(81)21-16-38-89-2)47-51-18-6-8-24-56(51)66(69)73-75-79)49-95(87,88)55-23-15-20-50(46-55)62(82)30-17-39-91-42-44-93-45-43-92-41-37-80-68-57-25-9-7-19-52(57)48-77(65(85)34-32-63(83)72-35-40-90-3)60-28-12-10-26-58(60)67(68)74-76-80/h6-13,15,18-20,23-29,46,54H,4-5,14,16-17,21-22,30-45,47-49H2,1-3H3,(H,71,86)(H,72,83). The van der Waals surface area contributed by atoms with E-state index in [-0.39, 0.29) is 98.0 Å². The molecule has 0 aliphatic carbocycles. The molecule has 0 spiro atoms. The highest BCUT2D eigenvalue weighted by Crippen LogP contribution is 2.43. The molecule has 95 heavy (non-hydrogen) atoms. The average Bonchev–Trinajstić information content (AvgIpc) is 1.71. The molecule has 0 radical (unpaired) electrons. The molecule has 4 heterocycles. The van der Waals surface area contributed by atoms with Crippen LogP contribution in [-0.2, 0) is 83.6 Å². The van der Waals surface area contributed by atoms with E-state index in [1.54, 1.807) is 30.1 Å². The van der Waals surface area contributed by atoms with Gasteiger partial charge in [-0.15, -0.1) is 10.2 Å². The molecule has 1 unspecified atom stereocenters. The smallest absolute Gasteiger partial charge is 0.407 e. The third-order valence-electron chi connectivity index (χ3n) is 16.5. The Morgan fingerprint density at radius 2 is 1.11 bits per heavy atom. The molecule has 0 saturated heterocycles. The summed E-state index contributed by atoms with van der Waals surface area (Å²) in [7, 11) is 0.522. The number of carbonyl (C=O) groups excluding carboxylic acids is 6. The summed E-state index contributed by atoms with van der Waals surface area (Å²) >= 11 is 0. The molecule has 25 heteroatoms. The molecule has 0 fully saturated rings. The lowest BCUT2D eigenvalue weighted by Crippen LogP contribution is -2.33. The fourth-order valence-corrected chi connectivity index (χ4v) is 13.1. The number of sulfone groups is 1. The number of hydrogen-bond acceptors (Lipinski definition) is 18. The zero-order valence-electron chi connectivity index (χ0n) is 54.2. The van der Waals surface area contributed by atoms with Gasteiger partial charge in [-0.3, -0.25) is 24.0 Å². The van der Waals surface area contributed by atoms with Crippen LogP contribution in [0.3, 0.4) is 0 Å². The molecule has 24 nitrogen and oxygen atoms in total. The van der Waals surface area contributed by atoms with Gasteiger partial charge in [0.1, 0.15) is 23.3 Å². The van der Waals surface area contributed by atoms with Crippen LogP contribution in [0.5, 0.6) is 0 Å². The molecule has 2 N–H and O–H groups in total. The van der Waals surface area contributed by atoms with E-state index in [2.05, 4.69) is 31.3 Å². The maximum absolute atomic E-state index is 14.0. The van der Waals surface area contributed by atoms with Gasteiger partial charge in [0.15, 0.2) is 15.6 Å². The molecule has 0 bridgehead atoms. The molecule has 9 rings (SSSR count). The number of unbranched alkanes of at least 4 members (excludes halogenated alkanes) is 2. The Hall–Kier alpha value is -8.85. The number of carbonyl (C=O) groups is 6. The molecule has 1 atom stereocenters. The molecule has 4 amide bonds. The molecule has 0 saturated carbocycles. The minimum Gasteiger partial charge on any atom is -0.445 e. The lowest BCUT2D eigenvalue weighted by molar-refractivity contribution is -0.125. The second-order valence-corrected chi connectivity index (χ2v) is 25.1. The highest BCUT2D eigenvalue weighted by atomic mass is 32.2. The van der Waals surface area contributed by atoms with Crippen LogP contribution in [0, 0.1) is 0 Å². The van der Waals surface area contributed by atoms with E-state index in [9.17, 15) is 37.2 Å². The summed E-state index contributed by atoms with van der Waals surface area (Å²) < 4.78 is 64.7. The topological polar surface area (TPSA) is 284 Å². The minimum atomic E-state index is -4.03. The first-order valence-electron chi connectivity index (χ1n) is 32.3. The van der Waals surface area contributed by atoms with Crippen molar-refractivity contribution >= 4 is 56.6 Å². The summed E-state index contributed by atoms with van der Waals surface area (Å²) in [6, 6.07) is 36.7. The molecule has 5 aromatic carbocycles. The maximum Gasteiger partial charge on any atom is 0.407 e. The second-order valence-electron chi connectivity index (χ2n) is 23.1. The fraction of sp³-hybridized carbons (Fsp3) is 0.429. The average molecular weight is 1320 g/mol. The number of ether oxygens (including phenoxy) is 6. The Kier molecular flexibility index (Phi) is 26.4. The van der Waals surface area contributed by atoms with E-state index in [0.717, 1.165) is 44.8 Å². The number of aromatic nitrogens is 6. The Morgan fingerprint density at radius 1 is 0.537 bits per heavy atom. The van der Waals surface area contributed by atoms with Crippen LogP contribution in [0.15, 0.2) is 126 Å². The number of anilines is 2. The number of aryl methyl sites for hydroxylation is 1. The predicted molar refractivity (Wildman–Crippen MR) is 356 cm³/mol. The fourth-order valence-electron chi connectivity index (χ4n) is 11.6. The first kappa shape index (κ1) is 70.5. The van der Waals surface area contributed by atoms with Crippen LogP contribution < -0.4 is 20.4 Å². The molecular formula is C70H84N10O14S. The summed E-state index contributed by atoms with van der Waals surface area (Å²) in [6.07, 6.45) is 1.99. The van der Waals surface area contributed by atoms with Gasteiger partial charge in [0.2, 0.25) is 17.7 Å². The molecule has 2 aliphatic heterocycles. The Bertz CT molecular complexity index is 3870. The van der Waals surface area contributed by atoms with Crippen LogP contribution in [0.25, 0.3) is 45.0 Å². The highest BCUT2D eigenvalue weighted by molar-refractivity contribution is 7.91. The van der Waals surface area contributed by atoms with Crippen molar-refractivity contribution in [2.75, 3.05) is 96.2 Å². The number of alkyl carbamates (subject to hydrolysis) is 1. The van der Waals surface area contributed by atoms with E-state index < -0.39 is 27.8 Å². The van der Waals surface area contributed by atoms with Crippen LogP contribution in [0.1, 0.15) is 98.5 Å². The highest BCUT2D eigenvalue weighted by Gasteiger charge is 2.32. The quantitative estimate of drug-likeness (QED) is 0.0271. The van der Waals surface area contributed by atoms with E-state index in [4.69, 9.17) is 28.4 Å². The number of fused-ring (bicyclic) bond motifs is 10. The van der Waals surface area contributed by atoms with Gasteiger partial charge in [-0.1, -0.05) is 114 Å². The molecule has 2 aromatic heterocycles. The van der Waals surface area contributed by atoms with Gasteiger partial charge in [0.05, 0.1) is 92.7 Å². The zero-order chi connectivity index (χ0) is 66.9. The van der Waals surface area contributed by atoms with Gasteiger partial charge in [-0.25, -0.2) is 22.6 Å². The number of nitrogens with zero attached hydrogens (tertiary/aromatic N) is 8. The lowest BCUT2D eigenvalue weighted by Gasteiger charge is -2.28. The number of benzene rings is 5. The number of amides is 4. The number of Topliss-reactive ketones (excluding diaryl/α,β-unsaturated/α-hetero) is 2. The van der Waals surface area contributed by atoms with Crippen LogP contribution in [0.4, 0.5) is 16.2 Å². The number of rotatable bonds is 37. The largest absolute Gasteiger partial charge is 0.445 e. The second kappa shape index (κ2) is 35.6. The summed E-state index contributed by atoms with van der Waals surface area (Å²) in [5.41, 5.74) is 9.52. The van der Waals surface area contributed by atoms with Crippen molar-refractivity contribution in [3.8, 4) is 45.0 Å². The van der Waals surface area contributed by atoms with Gasteiger partial charge < -0.3 is 48.9 Å². The van der Waals surface area contributed by atoms with Crippen LogP contribution >= 0.6 is 0 Å². The van der Waals surface area contributed by atoms with Gasteiger partial charge in [0, 0.05) is 114 Å². The van der Waals surface area contributed by atoms with Crippen molar-refractivity contribution in [3.05, 3.63) is 138 Å². The normalized spacial score (nSPS) is 12.7. The van der Waals surface area contributed by atoms with Crippen molar-refractivity contribution in [1.29, 1.82) is 0 Å². The number of nitrogens with one attached hydrogen (secondary N) is 2. The number of hydrogen-bond donors (Lipinski definition) is 2. The van der Waals surface area contributed by atoms with E-state index >= 15 is 0 Å². The first-order valence-corrected chi connectivity index (χ1v) is 34.0. The van der Waals surface area contributed by atoms with Crippen molar-refractivity contribution in [3.63, 3.8) is 0 Å². The first-order chi connectivity index (χ1) is 46.3. The Morgan fingerprint density at radius 3 is 1.80 bits per heavy atom. The third-order valence-corrected chi connectivity index (χ3v) is 18.3. The van der Waals surface area contributed by atoms with Crippen molar-refractivity contribution in [2.45, 2.75) is 114 Å². The van der Waals surface area contributed by atoms with E-state index in [1.165, 1.54) is 25.2 Å². The number of para-hydroxylation sites is 2. The molecule has 7 aromatic rings. The third kappa shape index (κ3) is 19.2. The molecule has 504 valence electrons. The number of methoxy groups -OCH3 is 2. The SMILES string of the molecule is CNC(=O)OC(CCCCCn1nnc2c1-c1ccccc1N(C(=O)CCC(=O)CCCOC)Cc1ccccc1-2)CS(=O)(=O)c1cccc(C(=O)CCCOCCOCCOCCn2nnc3c2-c2ccccc2CN(C(=O)CCC(=O)NCCOC)c2ccccc2-3)c1. The Balaban J connectivity index is 0.697. The van der Waals surface area contributed by atoms with Gasteiger partial charge in [-0.2, -0.15) is 0 Å². The van der Waals surface area contributed by atoms with Crippen molar-refractivity contribution in [2.24, 2.45) is 0 Å². The summed E-state index contributed by atoms with van der Waals surface area (Å²) in [4.78, 5) is 82.3. The van der Waals surface area contributed by atoms with E-state index in [0.29, 0.717) is 127 Å². The van der Waals surface area contributed by atoms with Gasteiger partial charge in [0.25, 0.3) is 0 Å². The molecular weight excluding hydrogens is 1240 g/mol. The number of ketones is 2. The van der Waals surface area contributed by atoms with Gasteiger partial charge >= 0.3 is 6.09 Å². The maximum atomic E-state index is 14.0. The zero-order valence-corrected chi connectivity index (χ0v) is 55.0. The van der Waals surface area contributed by atoms with E-state index in [1.807, 2.05) is 106 Å². The van der Waals surface area contributed by atoms with Crippen LogP contribution in [0.2, 0.25) is 0 Å². The summed E-state index contributed by atoms with van der Waals surface area (Å²) in [6.45, 7) is 4.51. The van der Waals surface area contributed by atoms with Crippen molar-refractivity contribution < 1.29 is 65.6 Å². The lowest BCUT2D eigenvalue weighted by atomic mass is 9.95. The van der Waals surface area contributed by atoms with Crippen molar-refractivity contribution in [1.82, 2.24) is 40.6 Å². The molecule has 2 aliphatic rings. The summed E-state index contributed by atoms with van der Waals surface area (Å²) in [5.74, 6) is -1.30.